The molecule has 1 N–H and O–H groups in total. The summed E-state index contributed by atoms with van der Waals surface area (Å²) >= 11 is 0. The van der Waals surface area contributed by atoms with Crippen LogP contribution in [0.3, 0.4) is 0 Å². The average molecular weight is 359 g/mol. The van der Waals surface area contributed by atoms with Crippen LogP contribution in [0, 0.1) is 11.6 Å². The van der Waals surface area contributed by atoms with Crippen LogP contribution in [0.2, 0.25) is 0 Å². The largest absolute Gasteiger partial charge is 0.382 e. The number of rotatable bonds is 6. The molecular formula is C15H19F2N3O3S. The molecule has 132 valence electrons. The predicted octanol–water partition coefficient (Wildman–Crippen LogP) is 1.33. The predicted molar refractivity (Wildman–Crippen MR) is 84.6 cm³/mol. The molecule has 1 heterocycles. The van der Waals surface area contributed by atoms with Gasteiger partial charge >= 0.3 is 0 Å². The van der Waals surface area contributed by atoms with Crippen LogP contribution in [0.1, 0.15) is 12.5 Å². The molecule has 2 rings (SSSR count). The summed E-state index contributed by atoms with van der Waals surface area (Å²) in [6.45, 7) is 1.03. The lowest BCUT2D eigenvalue weighted by Gasteiger charge is -2.36. The summed E-state index contributed by atoms with van der Waals surface area (Å²) in [7, 11) is -1.28. The standard InChI is InChI=1S/C15H19F2N3O3S/c1-11(24(22,23)19(2)3)15(21,9-20-7-6-18-10-20)13-5-4-12(16)8-14(13)17/h4-8,10-11,21H,9H2,1-3H3/t11-,15-/m1/s1. The second-order valence-electron chi connectivity index (χ2n) is 5.75. The smallest absolute Gasteiger partial charge is 0.219 e. The Morgan fingerprint density at radius 2 is 2.04 bits per heavy atom. The normalized spacial score (nSPS) is 16.1. The molecule has 0 aliphatic heterocycles. The molecule has 0 bridgehead atoms. The fourth-order valence-electron chi connectivity index (χ4n) is 2.49. The van der Waals surface area contributed by atoms with Gasteiger partial charge in [-0.05, 0) is 13.0 Å². The topological polar surface area (TPSA) is 75.4 Å². The minimum Gasteiger partial charge on any atom is -0.382 e. The molecule has 0 spiro atoms. The first-order chi connectivity index (χ1) is 11.1. The number of sulfonamides is 1. The molecule has 0 aliphatic rings. The van der Waals surface area contributed by atoms with Crippen LogP contribution in [0.4, 0.5) is 8.78 Å². The Morgan fingerprint density at radius 3 is 2.54 bits per heavy atom. The lowest BCUT2D eigenvalue weighted by molar-refractivity contribution is 0.0133. The van der Waals surface area contributed by atoms with Gasteiger partial charge in [-0.2, -0.15) is 0 Å². The van der Waals surface area contributed by atoms with Gasteiger partial charge in [0.15, 0.2) is 0 Å². The van der Waals surface area contributed by atoms with E-state index in [1.54, 1.807) is 0 Å². The van der Waals surface area contributed by atoms with Crippen LogP contribution in [0.25, 0.3) is 0 Å². The Labute approximate surface area is 139 Å². The van der Waals surface area contributed by atoms with Crippen LogP contribution in [0.5, 0.6) is 0 Å². The van der Waals surface area contributed by atoms with E-state index in [2.05, 4.69) is 4.98 Å². The Kier molecular flexibility index (Phi) is 5.07. The molecule has 2 aromatic rings. The van der Waals surface area contributed by atoms with Gasteiger partial charge in [-0.1, -0.05) is 6.07 Å². The molecule has 6 nitrogen and oxygen atoms in total. The molecular weight excluding hydrogens is 340 g/mol. The van der Waals surface area contributed by atoms with Crippen molar-refractivity contribution in [1.29, 1.82) is 0 Å². The fourth-order valence-corrected chi connectivity index (χ4v) is 3.82. The highest BCUT2D eigenvalue weighted by Crippen LogP contribution is 2.34. The number of hydrogen-bond donors (Lipinski definition) is 1. The van der Waals surface area contributed by atoms with Crippen molar-refractivity contribution in [3.63, 3.8) is 0 Å². The third kappa shape index (κ3) is 3.33. The summed E-state index contributed by atoms with van der Waals surface area (Å²) in [6, 6.07) is 2.65. The first-order valence-electron chi connectivity index (χ1n) is 7.14. The van der Waals surface area contributed by atoms with E-state index < -0.39 is 32.5 Å². The van der Waals surface area contributed by atoms with E-state index >= 15 is 0 Å². The first kappa shape index (κ1) is 18.5. The SMILES string of the molecule is C[C@H]([C@](O)(Cn1ccnc1)c1ccc(F)cc1F)S(=O)(=O)N(C)C. The van der Waals surface area contributed by atoms with Crippen LogP contribution < -0.4 is 0 Å². The summed E-state index contributed by atoms with van der Waals surface area (Å²) in [5.41, 5.74) is -2.42. The van der Waals surface area contributed by atoms with Crippen LogP contribution >= 0.6 is 0 Å². The number of aliphatic hydroxyl groups is 1. The third-order valence-corrected chi connectivity index (χ3v) is 6.31. The maximum atomic E-state index is 14.3. The zero-order valence-electron chi connectivity index (χ0n) is 13.5. The second kappa shape index (κ2) is 6.58. The summed E-state index contributed by atoms with van der Waals surface area (Å²) < 4.78 is 54.9. The number of imidazole rings is 1. The average Bonchev–Trinajstić information content (AvgIpc) is 2.98. The number of nitrogens with zero attached hydrogens (tertiary/aromatic N) is 3. The number of halogens is 2. The summed E-state index contributed by atoms with van der Waals surface area (Å²) in [5.74, 6) is -1.83. The van der Waals surface area contributed by atoms with Crippen molar-refractivity contribution < 1.29 is 22.3 Å². The Hall–Kier alpha value is -1.84. The molecule has 0 saturated carbocycles. The summed E-state index contributed by atoms with van der Waals surface area (Å²) in [4.78, 5) is 3.83. The second-order valence-corrected chi connectivity index (χ2v) is 8.22. The molecule has 0 unspecified atom stereocenters. The van der Waals surface area contributed by atoms with Gasteiger partial charge in [-0.15, -0.1) is 0 Å². The molecule has 0 aliphatic carbocycles. The van der Waals surface area contributed by atoms with E-state index in [1.165, 1.54) is 44.3 Å². The highest BCUT2D eigenvalue weighted by molar-refractivity contribution is 7.89. The fraction of sp³-hybridized carbons (Fsp3) is 0.400. The molecule has 1 aromatic carbocycles. The minimum atomic E-state index is -3.92. The van der Waals surface area contributed by atoms with E-state index in [0.717, 1.165) is 16.4 Å². The van der Waals surface area contributed by atoms with Crippen LogP contribution in [-0.4, -0.2) is 46.7 Å². The van der Waals surface area contributed by atoms with Gasteiger partial charge in [0.05, 0.1) is 12.9 Å². The van der Waals surface area contributed by atoms with E-state index in [4.69, 9.17) is 0 Å². The minimum absolute atomic E-state index is 0.260. The monoisotopic (exact) mass is 359 g/mol. The Balaban J connectivity index is 2.61. The van der Waals surface area contributed by atoms with Crippen LogP contribution in [0.15, 0.2) is 36.9 Å². The Morgan fingerprint density at radius 1 is 1.38 bits per heavy atom. The number of aromatic nitrogens is 2. The van der Waals surface area contributed by atoms with Crippen molar-refractivity contribution in [3.05, 3.63) is 54.1 Å². The van der Waals surface area contributed by atoms with Gasteiger partial charge in [-0.3, -0.25) is 0 Å². The van der Waals surface area contributed by atoms with Crippen molar-refractivity contribution in [1.82, 2.24) is 13.9 Å². The maximum absolute atomic E-state index is 14.3. The quantitative estimate of drug-likeness (QED) is 0.844. The molecule has 0 radical (unpaired) electrons. The van der Waals surface area contributed by atoms with Gasteiger partial charge in [0.2, 0.25) is 10.0 Å². The van der Waals surface area contributed by atoms with Gasteiger partial charge < -0.3 is 9.67 Å². The maximum Gasteiger partial charge on any atom is 0.219 e. The van der Waals surface area contributed by atoms with Gasteiger partial charge in [0.1, 0.15) is 22.5 Å². The van der Waals surface area contributed by atoms with E-state index in [-0.39, 0.29) is 12.1 Å². The van der Waals surface area contributed by atoms with Gasteiger partial charge in [0.25, 0.3) is 0 Å². The lowest BCUT2D eigenvalue weighted by atomic mass is 9.90. The zero-order valence-corrected chi connectivity index (χ0v) is 14.3. The summed E-state index contributed by atoms with van der Waals surface area (Å²) in [5, 5.41) is 9.78. The lowest BCUT2D eigenvalue weighted by Crippen LogP contribution is -2.49. The highest BCUT2D eigenvalue weighted by Gasteiger charge is 2.46. The molecule has 0 saturated heterocycles. The van der Waals surface area contributed by atoms with E-state index in [0.29, 0.717) is 6.07 Å². The first-order valence-corrected chi connectivity index (χ1v) is 8.64. The molecule has 2 atom stereocenters. The zero-order chi connectivity index (χ0) is 18.1. The highest BCUT2D eigenvalue weighted by atomic mass is 32.2. The molecule has 0 fully saturated rings. The Bertz CT molecular complexity index is 809. The molecule has 1 aromatic heterocycles. The van der Waals surface area contributed by atoms with Crippen molar-refractivity contribution in [2.75, 3.05) is 14.1 Å². The number of hydrogen-bond acceptors (Lipinski definition) is 4. The molecule has 9 heteroatoms. The molecule has 24 heavy (non-hydrogen) atoms. The van der Waals surface area contributed by atoms with Crippen molar-refractivity contribution in [2.45, 2.75) is 24.3 Å². The number of benzene rings is 1. The molecule has 0 amide bonds. The van der Waals surface area contributed by atoms with E-state index in [9.17, 15) is 22.3 Å². The van der Waals surface area contributed by atoms with Crippen molar-refractivity contribution in [2.24, 2.45) is 0 Å². The van der Waals surface area contributed by atoms with Crippen molar-refractivity contribution >= 4 is 10.0 Å². The third-order valence-electron chi connectivity index (χ3n) is 4.01. The van der Waals surface area contributed by atoms with Gasteiger partial charge in [0, 0.05) is 38.1 Å². The van der Waals surface area contributed by atoms with Crippen molar-refractivity contribution in [3.8, 4) is 0 Å². The van der Waals surface area contributed by atoms with Gasteiger partial charge in [-0.25, -0.2) is 26.5 Å². The van der Waals surface area contributed by atoms with E-state index in [1.807, 2.05) is 0 Å². The summed E-state index contributed by atoms with van der Waals surface area (Å²) in [6.07, 6.45) is 4.34. The van der Waals surface area contributed by atoms with Crippen LogP contribution in [-0.2, 0) is 22.2 Å².